The van der Waals surface area contributed by atoms with Gasteiger partial charge in [-0.05, 0) is 62.2 Å². The number of halogens is 1. The van der Waals surface area contributed by atoms with Crippen LogP contribution in [0.15, 0.2) is 47.4 Å². The molecule has 3 aromatic rings. The quantitative estimate of drug-likeness (QED) is 0.500. The minimum absolute atomic E-state index is 0.122. The Balaban J connectivity index is 1.45. The minimum Gasteiger partial charge on any atom is -0.317 e. The lowest BCUT2D eigenvalue weighted by atomic mass is 10.0. The molecule has 0 aliphatic carbocycles. The Hall–Kier alpha value is -2.53. The highest BCUT2D eigenvalue weighted by Crippen LogP contribution is 2.29. The second-order valence-electron chi connectivity index (χ2n) is 7.51. The van der Waals surface area contributed by atoms with Crippen LogP contribution in [0.1, 0.15) is 23.2 Å². The lowest BCUT2D eigenvalue weighted by Crippen LogP contribution is -2.34. The van der Waals surface area contributed by atoms with Crippen LogP contribution in [0.2, 0.25) is 5.02 Å². The van der Waals surface area contributed by atoms with Crippen molar-refractivity contribution in [3.63, 3.8) is 0 Å². The molecule has 168 valence electrons. The number of carbonyl (C=O) groups is 2. The first kappa shape index (κ1) is 22.7. The van der Waals surface area contributed by atoms with E-state index in [9.17, 15) is 18.0 Å². The number of nitrogens with one attached hydrogen (secondary N) is 3. The van der Waals surface area contributed by atoms with Crippen LogP contribution in [0.4, 0.5) is 9.93 Å². The molecule has 2 aromatic carbocycles. The summed E-state index contributed by atoms with van der Waals surface area (Å²) in [6.45, 7) is 1.67. The van der Waals surface area contributed by atoms with Crippen molar-refractivity contribution in [1.29, 1.82) is 0 Å². The Morgan fingerprint density at radius 3 is 2.66 bits per heavy atom. The molecular weight excluding hydrogens is 472 g/mol. The van der Waals surface area contributed by atoms with Crippen LogP contribution >= 0.6 is 22.9 Å². The molecule has 8 nitrogen and oxygen atoms in total. The highest BCUT2D eigenvalue weighted by molar-refractivity contribution is 7.91. The lowest BCUT2D eigenvalue weighted by molar-refractivity contribution is 0.0967. The van der Waals surface area contributed by atoms with Gasteiger partial charge < -0.3 is 5.32 Å². The number of rotatable bonds is 5. The SMILES string of the molecule is O=C(NC(=O)c1ccccc1Cl)Nc1nc2ccc(S(=O)(=O)CC3CCNCC3)cc2s1. The molecule has 0 unspecified atom stereocenters. The standard InChI is InChI=1S/C21H21ClN4O4S2/c22-16-4-2-1-3-15(16)19(27)25-20(28)26-21-24-17-6-5-14(11-18(17)31-21)32(29,30)12-13-7-9-23-10-8-13/h1-6,11,13,23H,7-10,12H2,(H2,24,25,26,27,28). The monoisotopic (exact) mass is 492 g/mol. The van der Waals surface area contributed by atoms with Gasteiger partial charge in [-0.2, -0.15) is 0 Å². The van der Waals surface area contributed by atoms with Gasteiger partial charge in [0.2, 0.25) is 0 Å². The summed E-state index contributed by atoms with van der Waals surface area (Å²) in [4.78, 5) is 29.0. The fourth-order valence-corrected chi connectivity index (χ4v) is 6.47. The number of anilines is 1. The number of amides is 3. The first-order valence-electron chi connectivity index (χ1n) is 10.0. The van der Waals surface area contributed by atoms with Crippen LogP contribution in [-0.4, -0.2) is 44.2 Å². The van der Waals surface area contributed by atoms with Crippen molar-refractivity contribution in [2.24, 2.45) is 5.92 Å². The van der Waals surface area contributed by atoms with E-state index in [1.165, 1.54) is 6.07 Å². The molecule has 0 atom stereocenters. The van der Waals surface area contributed by atoms with Crippen molar-refractivity contribution in [2.45, 2.75) is 17.7 Å². The second-order valence-corrected chi connectivity index (χ2v) is 11.0. The van der Waals surface area contributed by atoms with Crippen LogP contribution in [-0.2, 0) is 9.84 Å². The largest absolute Gasteiger partial charge is 0.327 e. The Bertz CT molecular complexity index is 1270. The molecule has 0 bridgehead atoms. The molecule has 1 aliphatic heterocycles. The van der Waals surface area contributed by atoms with Crippen LogP contribution < -0.4 is 16.0 Å². The number of imide groups is 1. The van der Waals surface area contributed by atoms with E-state index in [-0.39, 0.29) is 32.3 Å². The zero-order chi connectivity index (χ0) is 22.7. The molecule has 32 heavy (non-hydrogen) atoms. The predicted molar refractivity (Wildman–Crippen MR) is 125 cm³/mol. The molecule has 0 saturated carbocycles. The van der Waals surface area contributed by atoms with E-state index < -0.39 is 21.8 Å². The van der Waals surface area contributed by atoms with E-state index in [1.54, 1.807) is 36.4 Å². The van der Waals surface area contributed by atoms with Crippen LogP contribution in [0.3, 0.4) is 0 Å². The number of aromatic nitrogens is 1. The summed E-state index contributed by atoms with van der Waals surface area (Å²) < 4.78 is 26.3. The summed E-state index contributed by atoms with van der Waals surface area (Å²) in [5.41, 5.74) is 0.737. The summed E-state index contributed by atoms with van der Waals surface area (Å²) in [7, 11) is -3.42. The number of piperidine rings is 1. The molecule has 3 amide bonds. The van der Waals surface area contributed by atoms with E-state index in [0.717, 1.165) is 37.3 Å². The molecule has 2 heterocycles. The summed E-state index contributed by atoms with van der Waals surface area (Å²) in [6, 6.07) is 10.4. The number of urea groups is 1. The third kappa shape index (κ3) is 5.26. The Morgan fingerprint density at radius 1 is 1.16 bits per heavy atom. The van der Waals surface area contributed by atoms with E-state index >= 15 is 0 Å². The van der Waals surface area contributed by atoms with Crippen LogP contribution in [0.25, 0.3) is 10.2 Å². The fraction of sp³-hybridized carbons (Fsp3) is 0.286. The Kier molecular flexibility index (Phi) is 6.75. The molecule has 0 radical (unpaired) electrons. The maximum absolute atomic E-state index is 12.8. The summed E-state index contributed by atoms with van der Waals surface area (Å²) in [5.74, 6) is -0.369. The highest BCUT2D eigenvalue weighted by Gasteiger charge is 2.23. The van der Waals surface area contributed by atoms with Crippen molar-refractivity contribution in [1.82, 2.24) is 15.6 Å². The van der Waals surface area contributed by atoms with E-state index in [1.807, 2.05) is 0 Å². The molecule has 0 spiro atoms. The predicted octanol–water partition coefficient (Wildman–Crippen LogP) is 3.68. The van der Waals surface area contributed by atoms with Crippen molar-refractivity contribution in [3.8, 4) is 0 Å². The topological polar surface area (TPSA) is 117 Å². The van der Waals surface area contributed by atoms with E-state index in [2.05, 4.69) is 20.9 Å². The van der Waals surface area contributed by atoms with Gasteiger partial charge in [0.15, 0.2) is 15.0 Å². The number of fused-ring (bicyclic) bond motifs is 1. The van der Waals surface area contributed by atoms with Gasteiger partial charge in [0, 0.05) is 0 Å². The number of sulfone groups is 1. The molecule has 1 fully saturated rings. The first-order valence-corrected chi connectivity index (χ1v) is 12.9. The third-order valence-electron chi connectivity index (χ3n) is 5.20. The van der Waals surface area contributed by atoms with E-state index in [0.29, 0.717) is 10.2 Å². The second kappa shape index (κ2) is 9.53. The van der Waals surface area contributed by atoms with Crippen molar-refractivity contribution in [3.05, 3.63) is 53.1 Å². The molecule has 1 aliphatic rings. The summed E-state index contributed by atoms with van der Waals surface area (Å²) in [6.07, 6.45) is 1.69. The molecule has 11 heteroatoms. The Morgan fingerprint density at radius 2 is 1.91 bits per heavy atom. The van der Waals surface area contributed by atoms with Crippen LogP contribution in [0, 0.1) is 5.92 Å². The molecule has 1 aromatic heterocycles. The lowest BCUT2D eigenvalue weighted by Gasteiger charge is -2.22. The minimum atomic E-state index is -3.42. The van der Waals surface area contributed by atoms with Crippen molar-refractivity contribution < 1.29 is 18.0 Å². The number of benzene rings is 2. The van der Waals surface area contributed by atoms with Gasteiger partial charge in [-0.15, -0.1) is 0 Å². The normalized spacial score (nSPS) is 14.9. The van der Waals surface area contributed by atoms with Crippen molar-refractivity contribution in [2.75, 3.05) is 24.2 Å². The third-order valence-corrected chi connectivity index (χ3v) is 8.34. The number of carbonyl (C=O) groups excluding carboxylic acids is 2. The molecule has 1 saturated heterocycles. The average molecular weight is 493 g/mol. The summed E-state index contributed by atoms with van der Waals surface area (Å²) >= 11 is 7.11. The first-order chi connectivity index (χ1) is 15.3. The van der Waals surface area contributed by atoms with Gasteiger partial charge in [-0.1, -0.05) is 35.1 Å². The van der Waals surface area contributed by atoms with Gasteiger partial charge in [0.25, 0.3) is 5.91 Å². The Labute approximate surface area is 194 Å². The zero-order valence-electron chi connectivity index (χ0n) is 16.9. The van der Waals surface area contributed by atoms with Gasteiger partial charge in [-0.25, -0.2) is 18.2 Å². The molecular formula is C21H21ClN4O4S2. The number of hydrogen-bond donors (Lipinski definition) is 3. The average Bonchev–Trinajstić information content (AvgIpc) is 3.15. The van der Waals surface area contributed by atoms with Gasteiger partial charge in [-0.3, -0.25) is 15.4 Å². The van der Waals surface area contributed by atoms with Crippen LogP contribution in [0.5, 0.6) is 0 Å². The summed E-state index contributed by atoms with van der Waals surface area (Å²) in [5, 5.41) is 8.43. The molecule has 4 rings (SSSR count). The smallest absolute Gasteiger partial charge is 0.317 e. The highest BCUT2D eigenvalue weighted by atomic mass is 35.5. The van der Waals surface area contributed by atoms with Crippen molar-refractivity contribution >= 4 is 60.1 Å². The van der Waals surface area contributed by atoms with E-state index in [4.69, 9.17) is 11.6 Å². The number of hydrogen-bond acceptors (Lipinski definition) is 7. The van der Waals surface area contributed by atoms with Gasteiger partial charge in [0.05, 0.1) is 31.5 Å². The van der Waals surface area contributed by atoms with Gasteiger partial charge >= 0.3 is 6.03 Å². The zero-order valence-corrected chi connectivity index (χ0v) is 19.3. The molecule has 3 N–H and O–H groups in total. The maximum atomic E-state index is 12.8. The maximum Gasteiger partial charge on any atom is 0.327 e. The van der Waals surface area contributed by atoms with Gasteiger partial charge in [0.1, 0.15) is 0 Å². The number of nitrogens with zero attached hydrogens (tertiary/aromatic N) is 1. The number of thiazole rings is 1. The fourth-order valence-electron chi connectivity index (χ4n) is 3.55.